The summed E-state index contributed by atoms with van der Waals surface area (Å²) in [7, 11) is 0. The molecular weight excluding hydrogens is 270 g/mol. The van der Waals surface area contributed by atoms with Crippen molar-refractivity contribution in [2.45, 2.75) is 38.7 Å². The Kier molecular flexibility index (Phi) is 3.83. The molecule has 2 atom stereocenters. The van der Waals surface area contributed by atoms with Crippen molar-refractivity contribution in [3.05, 3.63) is 23.8 Å². The van der Waals surface area contributed by atoms with Gasteiger partial charge in [-0.25, -0.2) is 9.50 Å². The highest BCUT2D eigenvalue weighted by Gasteiger charge is 2.24. The summed E-state index contributed by atoms with van der Waals surface area (Å²) >= 11 is 0. The number of hydrogen-bond donors (Lipinski definition) is 2. The Balaban J connectivity index is 1.74. The van der Waals surface area contributed by atoms with Gasteiger partial charge in [-0.1, -0.05) is 6.92 Å². The molecule has 0 aromatic carbocycles. The highest BCUT2D eigenvalue weighted by molar-refractivity contribution is 5.95. The molecule has 2 aromatic rings. The molecular formula is C14H19N5O2. The third-order valence-electron chi connectivity index (χ3n) is 4.05. The van der Waals surface area contributed by atoms with Crippen LogP contribution in [0.5, 0.6) is 0 Å². The van der Waals surface area contributed by atoms with E-state index in [0.29, 0.717) is 30.2 Å². The third kappa shape index (κ3) is 2.73. The maximum absolute atomic E-state index is 12.4. The molecule has 0 spiro atoms. The van der Waals surface area contributed by atoms with Crippen LogP contribution >= 0.6 is 0 Å². The minimum atomic E-state index is -0.216. The van der Waals surface area contributed by atoms with Crippen molar-refractivity contribution in [2.24, 2.45) is 5.92 Å². The van der Waals surface area contributed by atoms with Crippen molar-refractivity contribution >= 4 is 11.7 Å². The van der Waals surface area contributed by atoms with E-state index in [-0.39, 0.29) is 12.0 Å². The smallest absolute Gasteiger partial charge is 0.254 e. The van der Waals surface area contributed by atoms with E-state index in [9.17, 15) is 9.90 Å². The van der Waals surface area contributed by atoms with Gasteiger partial charge < -0.3 is 10.4 Å². The number of fused-ring (bicyclic) bond motifs is 1. The third-order valence-corrected chi connectivity index (χ3v) is 4.05. The molecule has 3 rings (SSSR count). The van der Waals surface area contributed by atoms with E-state index < -0.39 is 0 Å². The van der Waals surface area contributed by atoms with Crippen molar-refractivity contribution in [3.63, 3.8) is 0 Å². The van der Waals surface area contributed by atoms with Gasteiger partial charge in [0, 0.05) is 12.7 Å². The molecule has 7 heteroatoms. The molecule has 2 unspecified atom stereocenters. The molecule has 2 heterocycles. The number of amides is 1. The normalized spacial score (nSPS) is 21.8. The Morgan fingerprint density at radius 3 is 3.05 bits per heavy atom. The van der Waals surface area contributed by atoms with Crippen LogP contribution in [0, 0.1) is 5.92 Å². The minimum absolute atomic E-state index is 0.141. The van der Waals surface area contributed by atoms with Crippen LogP contribution in [0.2, 0.25) is 0 Å². The minimum Gasteiger partial charge on any atom is -0.393 e. The lowest BCUT2D eigenvalue weighted by Crippen LogP contribution is -2.30. The fraction of sp³-hybridized carbons (Fsp3) is 0.571. The zero-order valence-electron chi connectivity index (χ0n) is 12.0. The van der Waals surface area contributed by atoms with E-state index >= 15 is 0 Å². The second-order valence-electron chi connectivity index (χ2n) is 5.49. The molecule has 1 amide bonds. The summed E-state index contributed by atoms with van der Waals surface area (Å²) in [6.45, 7) is 2.56. The van der Waals surface area contributed by atoms with Crippen LogP contribution in [0.3, 0.4) is 0 Å². The van der Waals surface area contributed by atoms with E-state index in [1.807, 2.05) is 6.92 Å². The van der Waals surface area contributed by atoms with Gasteiger partial charge in [0.05, 0.1) is 17.4 Å². The molecule has 1 aliphatic rings. The highest BCUT2D eigenvalue weighted by atomic mass is 16.3. The lowest BCUT2D eigenvalue weighted by molar-refractivity contribution is 0.0943. The Labute approximate surface area is 122 Å². The molecule has 2 aromatic heterocycles. The first kappa shape index (κ1) is 13.9. The number of hydrogen-bond acceptors (Lipinski definition) is 5. The van der Waals surface area contributed by atoms with Crippen LogP contribution in [0.4, 0.5) is 0 Å². The molecule has 1 saturated carbocycles. The zero-order valence-corrected chi connectivity index (χ0v) is 12.0. The van der Waals surface area contributed by atoms with E-state index in [1.54, 1.807) is 10.7 Å². The van der Waals surface area contributed by atoms with Gasteiger partial charge in [-0.15, -0.1) is 0 Å². The summed E-state index contributed by atoms with van der Waals surface area (Å²) in [4.78, 5) is 20.5. The summed E-state index contributed by atoms with van der Waals surface area (Å²) in [6.07, 6.45) is 6.00. The first-order chi connectivity index (χ1) is 10.2. The Hall–Kier alpha value is -2.02. The number of carbonyl (C=O) groups is 1. The summed E-state index contributed by atoms with van der Waals surface area (Å²) < 4.78 is 1.61. The molecule has 0 radical (unpaired) electrons. The van der Waals surface area contributed by atoms with Crippen LogP contribution in [0.15, 0.2) is 12.5 Å². The van der Waals surface area contributed by atoms with E-state index in [1.165, 1.54) is 6.33 Å². The highest BCUT2D eigenvalue weighted by Crippen LogP contribution is 2.24. The Morgan fingerprint density at radius 1 is 1.48 bits per heavy atom. The quantitative estimate of drug-likeness (QED) is 0.859. The summed E-state index contributed by atoms with van der Waals surface area (Å²) in [5.41, 5.74) is 1.34. The zero-order chi connectivity index (χ0) is 14.8. The molecule has 0 bridgehead atoms. The van der Waals surface area contributed by atoms with Crippen molar-refractivity contribution in [1.29, 1.82) is 0 Å². The molecule has 0 saturated heterocycles. The number of rotatable bonds is 4. The number of nitrogens with one attached hydrogen (secondary N) is 1. The summed E-state index contributed by atoms with van der Waals surface area (Å²) in [5, 5.41) is 16.6. The predicted octanol–water partition coefficient (Wildman–Crippen LogP) is 0.577. The maximum Gasteiger partial charge on any atom is 0.254 e. The molecule has 21 heavy (non-hydrogen) atoms. The topological polar surface area (TPSA) is 92.4 Å². The van der Waals surface area contributed by atoms with Crippen LogP contribution in [-0.2, 0) is 6.42 Å². The van der Waals surface area contributed by atoms with Crippen molar-refractivity contribution < 1.29 is 9.90 Å². The van der Waals surface area contributed by atoms with Gasteiger partial charge in [0.1, 0.15) is 6.33 Å². The second kappa shape index (κ2) is 5.77. The van der Waals surface area contributed by atoms with Crippen molar-refractivity contribution in [3.8, 4) is 0 Å². The Morgan fingerprint density at radius 2 is 2.33 bits per heavy atom. The summed E-state index contributed by atoms with van der Waals surface area (Å²) in [6, 6.07) is 0. The fourth-order valence-corrected chi connectivity index (χ4v) is 2.92. The maximum atomic E-state index is 12.4. The fourth-order valence-electron chi connectivity index (χ4n) is 2.92. The number of aliphatic hydroxyl groups excluding tert-OH is 1. The van der Waals surface area contributed by atoms with Gasteiger partial charge in [0.25, 0.3) is 11.7 Å². The molecule has 1 fully saturated rings. The van der Waals surface area contributed by atoms with Crippen LogP contribution in [0.1, 0.15) is 42.2 Å². The first-order valence-corrected chi connectivity index (χ1v) is 7.33. The molecule has 7 nitrogen and oxygen atoms in total. The lowest BCUT2D eigenvalue weighted by Gasteiger charge is -2.13. The van der Waals surface area contributed by atoms with Crippen LogP contribution < -0.4 is 5.32 Å². The average Bonchev–Trinajstić information content (AvgIpc) is 3.12. The van der Waals surface area contributed by atoms with Gasteiger partial charge in [-0.2, -0.15) is 10.1 Å². The monoisotopic (exact) mass is 289 g/mol. The summed E-state index contributed by atoms with van der Waals surface area (Å²) in [5.74, 6) is 0.720. The number of aromatic nitrogens is 4. The first-order valence-electron chi connectivity index (χ1n) is 7.33. The molecule has 112 valence electrons. The molecule has 0 aliphatic heterocycles. The predicted molar refractivity (Wildman–Crippen MR) is 75.8 cm³/mol. The SMILES string of the molecule is CCc1c(C(=O)NCC2CCC(O)C2)cnc2ncnn12. The van der Waals surface area contributed by atoms with Crippen molar-refractivity contribution in [2.75, 3.05) is 6.54 Å². The number of nitrogens with zero attached hydrogens (tertiary/aromatic N) is 4. The van der Waals surface area contributed by atoms with Gasteiger partial charge in [-0.05, 0) is 31.6 Å². The van der Waals surface area contributed by atoms with Crippen LogP contribution in [0.25, 0.3) is 5.78 Å². The van der Waals surface area contributed by atoms with E-state index in [4.69, 9.17) is 0 Å². The number of aliphatic hydroxyl groups is 1. The standard InChI is InChI=1S/C14H19N5O2/c1-2-12-11(7-16-14-17-8-18-19(12)14)13(21)15-6-9-3-4-10(20)5-9/h7-10,20H,2-6H2,1H3,(H,15,21). The number of carbonyl (C=O) groups excluding carboxylic acids is 1. The van der Waals surface area contributed by atoms with Gasteiger partial charge in [-0.3, -0.25) is 4.79 Å². The number of aryl methyl sites for hydroxylation is 1. The van der Waals surface area contributed by atoms with Crippen LogP contribution in [-0.4, -0.2) is 43.2 Å². The van der Waals surface area contributed by atoms with Gasteiger partial charge in [0.15, 0.2) is 0 Å². The second-order valence-corrected chi connectivity index (χ2v) is 5.49. The molecule has 2 N–H and O–H groups in total. The lowest BCUT2D eigenvalue weighted by atomic mass is 10.1. The molecule has 1 aliphatic carbocycles. The Bertz CT molecular complexity index is 654. The van der Waals surface area contributed by atoms with E-state index in [0.717, 1.165) is 25.0 Å². The van der Waals surface area contributed by atoms with Gasteiger partial charge >= 0.3 is 0 Å². The van der Waals surface area contributed by atoms with Crippen molar-refractivity contribution in [1.82, 2.24) is 24.9 Å². The largest absolute Gasteiger partial charge is 0.393 e. The average molecular weight is 289 g/mol. The van der Waals surface area contributed by atoms with E-state index in [2.05, 4.69) is 20.4 Å². The van der Waals surface area contributed by atoms with Gasteiger partial charge in [0.2, 0.25) is 0 Å².